The van der Waals surface area contributed by atoms with Gasteiger partial charge in [-0.3, -0.25) is 0 Å². The van der Waals surface area contributed by atoms with Crippen LogP contribution in [0.25, 0.3) is 0 Å². The zero-order chi connectivity index (χ0) is 11.8. The van der Waals surface area contributed by atoms with Crippen LogP contribution in [0.2, 0.25) is 0 Å². The van der Waals surface area contributed by atoms with Crippen LogP contribution in [0.1, 0.15) is 51.4 Å². The molecule has 1 aliphatic heterocycles. The van der Waals surface area contributed by atoms with Gasteiger partial charge in [-0.2, -0.15) is 4.98 Å². The van der Waals surface area contributed by atoms with E-state index in [4.69, 9.17) is 15.0 Å². The molecule has 16 heavy (non-hydrogen) atoms. The van der Waals surface area contributed by atoms with Crippen molar-refractivity contribution in [3.8, 4) is 0 Å². The summed E-state index contributed by atoms with van der Waals surface area (Å²) >= 11 is 0. The molecular weight excluding hydrogens is 206 g/mol. The summed E-state index contributed by atoms with van der Waals surface area (Å²) in [6, 6.07) is 0. The Morgan fingerprint density at radius 1 is 1.38 bits per heavy atom. The first-order valence-corrected chi connectivity index (χ1v) is 5.70. The summed E-state index contributed by atoms with van der Waals surface area (Å²) < 4.78 is 10.9. The number of nitrogens with zero attached hydrogens (tertiary/aromatic N) is 2. The molecule has 90 valence electrons. The number of nitrogens with two attached hydrogens (primary N) is 1. The summed E-state index contributed by atoms with van der Waals surface area (Å²) in [6.45, 7) is 6.72. The minimum absolute atomic E-state index is 0.0721. The predicted molar refractivity (Wildman–Crippen MR) is 58.9 cm³/mol. The minimum Gasteiger partial charge on any atom is -0.364 e. The predicted octanol–water partition coefficient (Wildman–Crippen LogP) is 1.55. The fourth-order valence-corrected chi connectivity index (χ4v) is 1.73. The molecule has 5 nitrogen and oxygen atoms in total. The molecule has 0 spiro atoms. The zero-order valence-electron chi connectivity index (χ0n) is 10.1. The molecule has 0 aliphatic carbocycles. The van der Waals surface area contributed by atoms with E-state index >= 15 is 0 Å². The summed E-state index contributed by atoms with van der Waals surface area (Å²) in [5, 5.41) is 3.99. The zero-order valence-corrected chi connectivity index (χ0v) is 10.1. The second-order valence-corrected chi connectivity index (χ2v) is 5.27. The average Bonchev–Trinajstić information content (AvgIpc) is 2.85. The maximum Gasteiger partial charge on any atom is 0.255 e. The van der Waals surface area contributed by atoms with Crippen LogP contribution >= 0.6 is 0 Å². The highest BCUT2D eigenvalue weighted by Crippen LogP contribution is 2.32. The molecule has 2 N–H and O–H groups in total. The molecule has 2 atom stereocenters. The van der Waals surface area contributed by atoms with Crippen molar-refractivity contribution >= 4 is 0 Å². The Bertz CT molecular complexity index is 356. The smallest absolute Gasteiger partial charge is 0.255 e. The monoisotopic (exact) mass is 225 g/mol. The van der Waals surface area contributed by atoms with E-state index in [0.717, 1.165) is 18.7 Å². The van der Waals surface area contributed by atoms with Gasteiger partial charge in [0.1, 0.15) is 6.10 Å². The quantitative estimate of drug-likeness (QED) is 0.826. The van der Waals surface area contributed by atoms with Crippen LogP contribution < -0.4 is 5.73 Å². The van der Waals surface area contributed by atoms with Gasteiger partial charge in [-0.1, -0.05) is 25.9 Å². The van der Waals surface area contributed by atoms with E-state index in [2.05, 4.69) is 30.9 Å². The van der Waals surface area contributed by atoms with Gasteiger partial charge < -0.3 is 15.0 Å². The Morgan fingerprint density at radius 2 is 2.12 bits per heavy atom. The third-order valence-corrected chi connectivity index (χ3v) is 2.76. The van der Waals surface area contributed by atoms with Crippen LogP contribution in [-0.4, -0.2) is 22.8 Å². The highest BCUT2D eigenvalue weighted by molar-refractivity contribution is 5.02. The highest BCUT2D eigenvalue weighted by atomic mass is 16.5. The molecule has 2 heterocycles. The summed E-state index contributed by atoms with van der Waals surface area (Å²) in [5.74, 6) is 1.31. The second-order valence-electron chi connectivity index (χ2n) is 5.27. The maximum atomic E-state index is 5.70. The molecule has 1 aliphatic rings. The van der Waals surface area contributed by atoms with Gasteiger partial charge >= 0.3 is 0 Å². The SMILES string of the molecule is CC(C)(C)c1noc(C2CCC(CN)O2)n1. The third-order valence-electron chi connectivity index (χ3n) is 2.76. The molecule has 5 heteroatoms. The van der Waals surface area contributed by atoms with Gasteiger partial charge in [0.15, 0.2) is 5.82 Å². The van der Waals surface area contributed by atoms with Crippen molar-refractivity contribution in [1.29, 1.82) is 0 Å². The van der Waals surface area contributed by atoms with Crippen LogP contribution in [0, 0.1) is 0 Å². The molecule has 1 aromatic heterocycles. The fraction of sp³-hybridized carbons (Fsp3) is 0.818. The number of aromatic nitrogens is 2. The Balaban J connectivity index is 2.08. The maximum absolute atomic E-state index is 5.70. The molecule has 0 amide bonds. The molecule has 0 saturated carbocycles. The Kier molecular flexibility index (Phi) is 2.99. The lowest BCUT2D eigenvalue weighted by atomic mass is 9.96. The number of hydrogen-bond donors (Lipinski definition) is 1. The molecule has 0 bridgehead atoms. The first-order valence-electron chi connectivity index (χ1n) is 5.70. The van der Waals surface area contributed by atoms with Gasteiger partial charge in [-0.05, 0) is 12.8 Å². The minimum atomic E-state index is -0.0897. The molecule has 2 rings (SSSR count). The van der Waals surface area contributed by atoms with Gasteiger partial charge in [0.25, 0.3) is 5.89 Å². The van der Waals surface area contributed by atoms with Crippen molar-refractivity contribution in [2.45, 2.75) is 51.2 Å². The Labute approximate surface area is 95.3 Å². The van der Waals surface area contributed by atoms with Crippen LogP contribution in [-0.2, 0) is 10.2 Å². The van der Waals surface area contributed by atoms with Gasteiger partial charge in [-0.15, -0.1) is 0 Å². The van der Waals surface area contributed by atoms with Crippen molar-refractivity contribution in [3.63, 3.8) is 0 Å². The molecule has 1 aromatic rings. The van der Waals surface area contributed by atoms with Gasteiger partial charge in [0.05, 0.1) is 6.10 Å². The number of rotatable bonds is 2. The molecule has 0 radical (unpaired) electrons. The third kappa shape index (κ3) is 2.25. The lowest BCUT2D eigenvalue weighted by molar-refractivity contribution is 0.0307. The van der Waals surface area contributed by atoms with Crippen molar-refractivity contribution < 1.29 is 9.26 Å². The fourth-order valence-electron chi connectivity index (χ4n) is 1.73. The van der Waals surface area contributed by atoms with Crippen molar-refractivity contribution in [2.24, 2.45) is 5.73 Å². The molecule has 2 unspecified atom stereocenters. The van der Waals surface area contributed by atoms with Gasteiger partial charge in [-0.25, -0.2) is 0 Å². The first kappa shape index (κ1) is 11.5. The largest absolute Gasteiger partial charge is 0.364 e. The number of hydrogen-bond acceptors (Lipinski definition) is 5. The lowest BCUT2D eigenvalue weighted by Gasteiger charge is -2.11. The Morgan fingerprint density at radius 3 is 2.62 bits per heavy atom. The van der Waals surface area contributed by atoms with E-state index < -0.39 is 0 Å². The lowest BCUT2D eigenvalue weighted by Crippen LogP contribution is -2.19. The van der Waals surface area contributed by atoms with E-state index in [9.17, 15) is 0 Å². The molecular formula is C11H19N3O2. The van der Waals surface area contributed by atoms with Crippen LogP contribution in [0.4, 0.5) is 0 Å². The van der Waals surface area contributed by atoms with Crippen LogP contribution in [0.3, 0.4) is 0 Å². The van der Waals surface area contributed by atoms with E-state index in [1.54, 1.807) is 0 Å². The molecule has 0 aromatic carbocycles. The van der Waals surface area contributed by atoms with Crippen molar-refractivity contribution in [2.75, 3.05) is 6.54 Å². The first-order chi connectivity index (χ1) is 7.50. The van der Waals surface area contributed by atoms with Crippen LogP contribution in [0.15, 0.2) is 4.52 Å². The normalized spacial score (nSPS) is 26.2. The van der Waals surface area contributed by atoms with Crippen molar-refractivity contribution in [3.05, 3.63) is 11.7 Å². The van der Waals surface area contributed by atoms with Crippen LogP contribution in [0.5, 0.6) is 0 Å². The second kappa shape index (κ2) is 4.14. The van der Waals surface area contributed by atoms with E-state index in [-0.39, 0.29) is 17.6 Å². The van der Waals surface area contributed by atoms with E-state index in [0.29, 0.717) is 12.4 Å². The standard InChI is InChI=1S/C11H19N3O2/c1-11(2,3)10-13-9(16-14-10)8-5-4-7(6-12)15-8/h7-8H,4-6,12H2,1-3H3. The number of ether oxygens (including phenoxy) is 1. The summed E-state index contributed by atoms with van der Waals surface area (Å²) in [7, 11) is 0. The summed E-state index contributed by atoms with van der Waals surface area (Å²) in [5.41, 5.74) is 5.47. The average molecular weight is 225 g/mol. The van der Waals surface area contributed by atoms with E-state index in [1.807, 2.05) is 0 Å². The Hall–Kier alpha value is -0.940. The summed E-state index contributed by atoms with van der Waals surface area (Å²) in [4.78, 5) is 4.39. The topological polar surface area (TPSA) is 74.2 Å². The summed E-state index contributed by atoms with van der Waals surface area (Å²) in [6.07, 6.45) is 1.94. The van der Waals surface area contributed by atoms with E-state index in [1.165, 1.54) is 0 Å². The van der Waals surface area contributed by atoms with Gasteiger partial charge in [0.2, 0.25) is 0 Å². The van der Waals surface area contributed by atoms with Crippen molar-refractivity contribution in [1.82, 2.24) is 10.1 Å². The molecule has 1 fully saturated rings. The molecule has 1 saturated heterocycles. The highest BCUT2D eigenvalue weighted by Gasteiger charge is 2.31. The van der Waals surface area contributed by atoms with Gasteiger partial charge in [0, 0.05) is 12.0 Å².